The summed E-state index contributed by atoms with van der Waals surface area (Å²) in [6, 6.07) is 10.8. The number of rotatable bonds is 14. The topological polar surface area (TPSA) is 65.0 Å². The first kappa shape index (κ1) is 24.3. The predicted molar refractivity (Wildman–Crippen MR) is 124 cm³/mol. The molecule has 2 aromatic rings. The number of ether oxygens (including phenoxy) is 3. The quantitative estimate of drug-likeness (QED) is 0.224. The minimum atomic E-state index is -0.185. The van der Waals surface area contributed by atoms with E-state index in [1.165, 1.54) is 38.0 Å². The van der Waals surface area contributed by atoms with E-state index in [1.807, 2.05) is 12.1 Å². The number of methoxy groups -OCH3 is 3. The van der Waals surface area contributed by atoms with E-state index in [-0.39, 0.29) is 11.5 Å². The average molecular weight is 427 g/mol. The van der Waals surface area contributed by atoms with Crippen molar-refractivity contribution in [3.63, 3.8) is 0 Å². The Morgan fingerprint density at radius 1 is 0.839 bits per heavy atom. The number of unbranched alkanes of at least 4 members (excludes halogenated alkanes) is 6. The Kier molecular flexibility index (Phi) is 10.5. The van der Waals surface area contributed by atoms with E-state index in [9.17, 15) is 9.90 Å². The molecule has 0 bridgehead atoms. The fourth-order valence-electron chi connectivity index (χ4n) is 3.46. The van der Waals surface area contributed by atoms with E-state index in [0.29, 0.717) is 11.3 Å². The van der Waals surface area contributed by atoms with Gasteiger partial charge in [-0.25, -0.2) is 0 Å². The second kappa shape index (κ2) is 13.4. The lowest BCUT2D eigenvalue weighted by Crippen LogP contribution is -1.95. The van der Waals surface area contributed by atoms with Crippen molar-refractivity contribution in [2.24, 2.45) is 0 Å². The number of hydrogen-bond acceptors (Lipinski definition) is 5. The number of carbonyl (C=O) groups excluding carboxylic acids is 1. The number of allylic oxidation sites excluding steroid dienone is 2. The third-order valence-corrected chi connectivity index (χ3v) is 5.27. The SMILES string of the molecule is COc1ccc(C(=O)C=CCCCCCCCCc2ccc(OC)c(OC)c2)c(O)c1. The van der Waals surface area contributed by atoms with Crippen molar-refractivity contribution in [2.75, 3.05) is 21.3 Å². The highest BCUT2D eigenvalue weighted by molar-refractivity contribution is 6.06. The molecule has 0 aromatic heterocycles. The van der Waals surface area contributed by atoms with Gasteiger partial charge in [0.15, 0.2) is 17.3 Å². The van der Waals surface area contributed by atoms with E-state index in [0.717, 1.165) is 43.6 Å². The Bertz CT molecular complexity index is 857. The summed E-state index contributed by atoms with van der Waals surface area (Å²) in [6.07, 6.45) is 12.4. The van der Waals surface area contributed by atoms with Gasteiger partial charge in [-0.2, -0.15) is 0 Å². The lowest BCUT2D eigenvalue weighted by Gasteiger charge is -2.09. The largest absolute Gasteiger partial charge is 0.507 e. The van der Waals surface area contributed by atoms with Crippen molar-refractivity contribution in [1.29, 1.82) is 0 Å². The summed E-state index contributed by atoms with van der Waals surface area (Å²) in [4.78, 5) is 12.2. The van der Waals surface area contributed by atoms with Crippen LogP contribution >= 0.6 is 0 Å². The number of phenols is 1. The normalized spacial score (nSPS) is 10.9. The van der Waals surface area contributed by atoms with Crippen LogP contribution in [0.5, 0.6) is 23.0 Å². The minimum Gasteiger partial charge on any atom is -0.507 e. The summed E-state index contributed by atoms with van der Waals surface area (Å²) in [5.74, 6) is 1.84. The van der Waals surface area contributed by atoms with Crippen LogP contribution in [0.4, 0.5) is 0 Å². The van der Waals surface area contributed by atoms with Gasteiger partial charge in [-0.05, 0) is 61.6 Å². The molecular formula is C26H34O5. The van der Waals surface area contributed by atoms with Crippen LogP contribution < -0.4 is 14.2 Å². The number of carbonyl (C=O) groups is 1. The fourth-order valence-corrected chi connectivity index (χ4v) is 3.46. The molecule has 2 rings (SSSR count). The molecule has 0 spiro atoms. The Balaban J connectivity index is 1.57. The maximum atomic E-state index is 12.2. The Morgan fingerprint density at radius 2 is 1.55 bits per heavy atom. The molecule has 1 N–H and O–H groups in total. The van der Waals surface area contributed by atoms with Gasteiger partial charge in [0.1, 0.15) is 11.5 Å². The van der Waals surface area contributed by atoms with E-state index >= 15 is 0 Å². The molecule has 0 aliphatic carbocycles. The molecule has 0 heterocycles. The van der Waals surface area contributed by atoms with Gasteiger partial charge in [0, 0.05) is 6.07 Å². The summed E-state index contributed by atoms with van der Waals surface area (Å²) in [5.41, 5.74) is 1.57. The monoisotopic (exact) mass is 426 g/mol. The van der Waals surface area contributed by atoms with Crippen molar-refractivity contribution < 1.29 is 24.1 Å². The maximum absolute atomic E-state index is 12.2. The van der Waals surface area contributed by atoms with E-state index in [1.54, 1.807) is 32.4 Å². The molecule has 0 saturated carbocycles. The van der Waals surface area contributed by atoms with Gasteiger partial charge in [-0.1, -0.05) is 37.8 Å². The Labute approximate surface area is 185 Å². The number of benzene rings is 2. The molecule has 31 heavy (non-hydrogen) atoms. The lowest BCUT2D eigenvalue weighted by molar-refractivity contribution is 0.104. The van der Waals surface area contributed by atoms with E-state index in [4.69, 9.17) is 14.2 Å². The van der Waals surface area contributed by atoms with Gasteiger partial charge >= 0.3 is 0 Å². The average Bonchev–Trinajstić information content (AvgIpc) is 2.79. The zero-order valence-corrected chi connectivity index (χ0v) is 18.9. The number of ketones is 1. The molecule has 5 nitrogen and oxygen atoms in total. The second-order valence-electron chi connectivity index (χ2n) is 7.50. The van der Waals surface area contributed by atoms with Crippen molar-refractivity contribution in [3.8, 4) is 23.0 Å². The van der Waals surface area contributed by atoms with Gasteiger partial charge in [0.25, 0.3) is 0 Å². The van der Waals surface area contributed by atoms with Gasteiger partial charge in [-0.15, -0.1) is 0 Å². The van der Waals surface area contributed by atoms with Crippen molar-refractivity contribution in [3.05, 3.63) is 59.7 Å². The van der Waals surface area contributed by atoms with Crippen molar-refractivity contribution in [2.45, 2.75) is 51.4 Å². The molecular weight excluding hydrogens is 392 g/mol. The first-order valence-electron chi connectivity index (χ1n) is 10.9. The highest BCUT2D eigenvalue weighted by Crippen LogP contribution is 2.28. The highest BCUT2D eigenvalue weighted by Gasteiger charge is 2.09. The smallest absolute Gasteiger partial charge is 0.189 e. The van der Waals surface area contributed by atoms with E-state index in [2.05, 4.69) is 12.1 Å². The summed E-state index contributed by atoms with van der Waals surface area (Å²) < 4.78 is 15.7. The zero-order chi connectivity index (χ0) is 22.5. The van der Waals surface area contributed by atoms with Crippen molar-refractivity contribution in [1.82, 2.24) is 0 Å². The lowest BCUT2D eigenvalue weighted by atomic mass is 10.0. The maximum Gasteiger partial charge on any atom is 0.189 e. The number of phenolic OH excluding ortho intramolecular Hbond substituents is 1. The molecule has 0 saturated heterocycles. The molecule has 5 heteroatoms. The summed E-state index contributed by atoms with van der Waals surface area (Å²) >= 11 is 0. The molecule has 2 aromatic carbocycles. The highest BCUT2D eigenvalue weighted by atomic mass is 16.5. The molecule has 0 aliphatic rings. The van der Waals surface area contributed by atoms with Crippen LogP contribution in [-0.4, -0.2) is 32.2 Å². The standard InChI is InChI=1S/C26H34O5/c1-29-21-15-16-22(24(28)19-21)23(27)13-11-9-7-5-4-6-8-10-12-20-14-17-25(30-2)26(18-20)31-3/h11,13-19,28H,4-10,12H2,1-3H3. The van der Waals surface area contributed by atoms with Crippen LogP contribution in [0.3, 0.4) is 0 Å². The molecule has 0 amide bonds. The molecule has 168 valence electrons. The summed E-state index contributed by atoms with van der Waals surface area (Å²) in [5, 5.41) is 9.91. The van der Waals surface area contributed by atoms with Gasteiger partial charge in [0.2, 0.25) is 0 Å². The zero-order valence-electron chi connectivity index (χ0n) is 18.9. The Morgan fingerprint density at radius 3 is 2.23 bits per heavy atom. The van der Waals surface area contributed by atoms with Gasteiger partial charge in [-0.3, -0.25) is 4.79 Å². The van der Waals surface area contributed by atoms with Crippen LogP contribution in [0.2, 0.25) is 0 Å². The van der Waals surface area contributed by atoms with Crippen molar-refractivity contribution >= 4 is 5.78 Å². The molecule has 0 atom stereocenters. The van der Waals surface area contributed by atoms with Gasteiger partial charge < -0.3 is 19.3 Å². The van der Waals surface area contributed by atoms with Crippen LogP contribution in [0.1, 0.15) is 60.9 Å². The number of hydrogen-bond donors (Lipinski definition) is 1. The summed E-state index contributed by atoms with van der Waals surface area (Å²) in [7, 11) is 4.83. The van der Waals surface area contributed by atoms with Crippen LogP contribution in [0, 0.1) is 0 Å². The molecule has 0 unspecified atom stereocenters. The number of aromatic hydroxyl groups is 1. The van der Waals surface area contributed by atoms with Crippen LogP contribution in [0.25, 0.3) is 0 Å². The molecule has 0 radical (unpaired) electrons. The molecule has 0 fully saturated rings. The minimum absolute atomic E-state index is 0.0536. The number of aryl methyl sites for hydroxylation is 1. The van der Waals surface area contributed by atoms with Crippen LogP contribution in [-0.2, 0) is 6.42 Å². The third-order valence-electron chi connectivity index (χ3n) is 5.27. The third kappa shape index (κ3) is 8.00. The second-order valence-corrected chi connectivity index (χ2v) is 7.50. The first-order valence-corrected chi connectivity index (χ1v) is 10.9. The fraction of sp³-hybridized carbons (Fsp3) is 0.423. The van der Waals surface area contributed by atoms with E-state index < -0.39 is 0 Å². The van der Waals surface area contributed by atoms with Gasteiger partial charge in [0.05, 0.1) is 26.9 Å². The first-order chi connectivity index (χ1) is 15.1. The predicted octanol–water partition coefficient (Wildman–Crippen LogP) is 6.13. The molecule has 0 aliphatic heterocycles. The van der Waals surface area contributed by atoms with Crippen LogP contribution in [0.15, 0.2) is 48.6 Å². The summed E-state index contributed by atoms with van der Waals surface area (Å²) in [6.45, 7) is 0. The Hall–Kier alpha value is -2.95.